The van der Waals surface area contributed by atoms with Crippen LogP contribution in [0.2, 0.25) is 15.1 Å². The van der Waals surface area contributed by atoms with Gasteiger partial charge in [0.25, 0.3) is 0 Å². The second-order valence-corrected chi connectivity index (χ2v) is 10.9. The molecule has 198 valence electrons. The molecular weight excluding hydrogens is 561 g/mol. The first-order valence-electron chi connectivity index (χ1n) is 12.1. The van der Waals surface area contributed by atoms with Crippen molar-refractivity contribution in [1.29, 1.82) is 10.7 Å². The summed E-state index contributed by atoms with van der Waals surface area (Å²) in [6.45, 7) is -0.125. The van der Waals surface area contributed by atoms with Gasteiger partial charge in [0.05, 0.1) is 38.4 Å². The van der Waals surface area contributed by atoms with E-state index in [-0.39, 0.29) is 56.7 Å². The van der Waals surface area contributed by atoms with Crippen LogP contribution in [-0.4, -0.2) is 33.5 Å². The average molecular weight is 583 g/mol. The van der Waals surface area contributed by atoms with Gasteiger partial charge >= 0.3 is 5.97 Å². The number of carboxylic acids is 1. The molecule has 2 saturated carbocycles. The number of hydrogen-bond donors (Lipinski definition) is 3. The number of aliphatic hydroxyl groups excluding tert-OH is 1. The smallest absolute Gasteiger partial charge is 0.335 e. The van der Waals surface area contributed by atoms with Gasteiger partial charge in [0.15, 0.2) is 0 Å². The van der Waals surface area contributed by atoms with Crippen LogP contribution >= 0.6 is 34.8 Å². The first kappa shape index (κ1) is 27.0. The summed E-state index contributed by atoms with van der Waals surface area (Å²) in [7, 11) is 0. The molecule has 3 aromatic rings. The lowest BCUT2D eigenvalue weighted by molar-refractivity contribution is 0.0696. The fourth-order valence-corrected chi connectivity index (χ4v) is 5.71. The molecule has 2 aliphatic carbocycles. The number of rotatable bonds is 9. The van der Waals surface area contributed by atoms with Crippen molar-refractivity contribution in [2.45, 2.75) is 30.6 Å². The van der Waals surface area contributed by atoms with E-state index in [0.29, 0.717) is 22.8 Å². The van der Waals surface area contributed by atoms with Crippen molar-refractivity contribution in [2.75, 3.05) is 6.61 Å². The number of carboxylic acid groups (broad SMARTS) is 1. The largest absolute Gasteiger partial charge is 0.512 e. The van der Waals surface area contributed by atoms with E-state index in [2.05, 4.69) is 11.1 Å². The van der Waals surface area contributed by atoms with Crippen LogP contribution < -0.4 is 4.74 Å². The number of nitriles is 1. The Hall–Kier alpha value is -3.57. The summed E-state index contributed by atoms with van der Waals surface area (Å²) >= 11 is 19.2. The summed E-state index contributed by atoms with van der Waals surface area (Å²) in [5.74, 6) is -0.799. The molecular formula is C29H22Cl3N3O4. The Morgan fingerprint density at radius 3 is 2.44 bits per heavy atom. The van der Waals surface area contributed by atoms with Crippen molar-refractivity contribution in [2.24, 2.45) is 5.92 Å². The lowest BCUT2D eigenvalue weighted by Crippen LogP contribution is -2.16. The van der Waals surface area contributed by atoms with Crippen LogP contribution in [0.5, 0.6) is 5.75 Å². The van der Waals surface area contributed by atoms with Gasteiger partial charge in [0, 0.05) is 34.8 Å². The van der Waals surface area contributed by atoms with Gasteiger partial charge in [-0.1, -0.05) is 53.0 Å². The molecule has 2 atom stereocenters. The molecule has 1 heterocycles. The van der Waals surface area contributed by atoms with E-state index < -0.39 is 11.4 Å². The Balaban J connectivity index is 1.38. The van der Waals surface area contributed by atoms with Crippen molar-refractivity contribution in [3.05, 3.63) is 104 Å². The summed E-state index contributed by atoms with van der Waals surface area (Å²) in [6, 6.07) is 14.0. The number of pyridine rings is 1. The lowest BCUT2D eigenvalue weighted by Gasteiger charge is -2.17. The number of aromatic carboxylic acids is 1. The molecule has 0 saturated heterocycles. The first-order valence-corrected chi connectivity index (χ1v) is 13.3. The van der Waals surface area contributed by atoms with Crippen molar-refractivity contribution in [1.82, 2.24) is 4.98 Å². The maximum absolute atomic E-state index is 11.4. The number of benzene rings is 2. The number of hydrogen-bond acceptors (Lipinski definition) is 6. The lowest BCUT2D eigenvalue weighted by atomic mass is 9.91. The maximum Gasteiger partial charge on any atom is 0.335 e. The molecule has 3 N–H and O–H groups in total. The summed E-state index contributed by atoms with van der Waals surface area (Å²) in [5, 5.41) is 39.7. The quantitative estimate of drug-likeness (QED) is 0.179. The van der Waals surface area contributed by atoms with E-state index >= 15 is 0 Å². The van der Waals surface area contributed by atoms with Crippen LogP contribution in [0.3, 0.4) is 0 Å². The van der Waals surface area contributed by atoms with Gasteiger partial charge in [-0.3, -0.25) is 10.4 Å². The summed E-state index contributed by atoms with van der Waals surface area (Å²) in [5.41, 5.74) is 1.16. The van der Waals surface area contributed by atoms with Gasteiger partial charge < -0.3 is 14.9 Å². The highest BCUT2D eigenvalue weighted by Crippen LogP contribution is 2.61. The van der Waals surface area contributed by atoms with Crippen molar-refractivity contribution < 1.29 is 19.7 Å². The predicted octanol–water partition coefficient (Wildman–Crippen LogP) is 7.36. The van der Waals surface area contributed by atoms with Crippen LogP contribution in [-0.2, 0) is 5.41 Å². The minimum absolute atomic E-state index is 0.0452. The van der Waals surface area contributed by atoms with E-state index in [9.17, 15) is 20.3 Å². The van der Waals surface area contributed by atoms with Gasteiger partial charge in [-0.25, -0.2) is 4.79 Å². The van der Waals surface area contributed by atoms with E-state index in [1.165, 1.54) is 18.5 Å². The molecule has 0 aliphatic heterocycles. The number of halogens is 3. The molecule has 1 aromatic heterocycles. The molecule has 5 rings (SSSR count). The zero-order chi connectivity index (χ0) is 27.9. The van der Waals surface area contributed by atoms with Crippen LogP contribution in [0.15, 0.2) is 66.2 Å². The van der Waals surface area contributed by atoms with E-state index in [1.54, 1.807) is 30.3 Å². The fourth-order valence-electron chi connectivity index (χ4n) is 4.82. The summed E-state index contributed by atoms with van der Waals surface area (Å²) < 4.78 is 5.95. The topological polar surface area (TPSA) is 127 Å². The number of carbonyl (C=O) groups is 1. The molecule has 10 heteroatoms. The molecule has 2 unspecified atom stereocenters. The van der Waals surface area contributed by atoms with Gasteiger partial charge in [-0.15, -0.1) is 0 Å². The fraction of sp³-hybridized carbons (Fsp3) is 0.241. The third-order valence-corrected chi connectivity index (χ3v) is 8.06. The van der Waals surface area contributed by atoms with Gasteiger partial charge in [0.1, 0.15) is 18.1 Å². The van der Waals surface area contributed by atoms with E-state index in [1.807, 2.05) is 6.07 Å². The zero-order valence-corrected chi connectivity index (χ0v) is 22.7. The zero-order valence-electron chi connectivity index (χ0n) is 20.4. The number of aliphatic hydroxyl groups is 1. The Morgan fingerprint density at radius 1 is 1.10 bits per heavy atom. The highest BCUT2D eigenvalue weighted by atomic mass is 35.5. The number of nitrogens with zero attached hydrogens (tertiary/aromatic N) is 2. The maximum atomic E-state index is 11.4. The molecule has 2 aromatic carbocycles. The Labute approximate surface area is 239 Å². The minimum atomic E-state index is -1.03. The molecule has 0 amide bonds. The average Bonchev–Trinajstić information content (AvgIpc) is 3.84. The number of nitrogens with one attached hydrogen (secondary N) is 1. The molecule has 7 nitrogen and oxygen atoms in total. The molecule has 0 spiro atoms. The van der Waals surface area contributed by atoms with Crippen LogP contribution in [0.1, 0.15) is 52.2 Å². The summed E-state index contributed by atoms with van der Waals surface area (Å²) in [4.78, 5) is 15.3. The van der Waals surface area contributed by atoms with Gasteiger partial charge in [-0.05, 0) is 54.7 Å². The molecule has 0 bridgehead atoms. The minimum Gasteiger partial charge on any atom is -0.512 e. The normalized spacial score (nSPS) is 20.5. The van der Waals surface area contributed by atoms with Crippen LogP contribution in [0.25, 0.3) is 0 Å². The molecule has 2 fully saturated rings. The Bertz CT molecular complexity index is 1560. The molecule has 2 aliphatic rings. The Morgan fingerprint density at radius 2 is 1.82 bits per heavy atom. The first-order chi connectivity index (χ1) is 18.7. The van der Waals surface area contributed by atoms with Crippen molar-refractivity contribution >= 4 is 46.5 Å². The predicted molar refractivity (Wildman–Crippen MR) is 148 cm³/mol. The number of aromatic nitrogens is 1. The number of ether oxygens (including phenoxy) is 1. The van der Waals surface area contributed by atoms with E-state index in [4.69, 9.17) is 44.9 Å². The third kappa shape index (κ3) is 5.20. The van der Waals surface area contributed by atoms with Crippen molar-refractivity contribution in [3.8, 4) is 11.8 Å². The Kier molecular flexibility index (Phi) is 7.30. The van der Waals surface area contributed by atoms with Crippen LogP contribution in [0, 0.1) is 22.7 Å². The van der Waals surface area contributed by atoms with Gasteiger partial charge in [0.2, 0.25) is 0 Å². The van der Waals surface area contributed by atoms with E-state index in [0.717, 1.165) is 18.4 Å². The monoisotopic (exact) mass is 581 g/mol. The second kappa shape index (κ2) is 10.5. The second-order valence-electron chi connectivity index (χ2n) is 9.69. The standard InChI is InChI=1S/C29H22Cl3N3O4/c30-22-9-18(6-7-20(22)29(14-33)10-21(29)16-2-1-3-17(8-16)28(37)38)39-13-19(27(36)15-4-5-15)26(34)25-23(31)11-35-12-24(25)32/h1-3,6-9,11-12,15,21,34,36H,4-5,10,13H2,(H,37,38)/b27-19-,34-26?. The highest BCUT2D eigenvalue weighted by Gasteiger charge is 2.57. The van der Waals surface area contributed by atoms with Gasteiger partial charge in [-0.2, -0.15) is 5.26 Å². The SMILES string of the molecule is N#CC1(c2ccc(OC/C(C(=N)c3c(Cl)cncc3Cl)=C(/O)C3CC3)cc2Cl)CC1c1cccc(C(=O)O)c1. The third-order valence-electron chi connectivity index (χ3n) is 7.18. The highest BCUT2D eigenvalue weighted by molar-refractivity contribution is 6.41. The number of allylic oxidation sites excluding steroid dienone is 1. The summed E-state index contributed by atoms with van der Waals surface area (Å²) in [6.07, 6.45) is 4.91. The molecule has 0 radical (unpaired) electrons. The van der Waals surface area contributed by atoms with Crippen LogP contribution in [0.4, 0.5) is 0 Å². The molecule has 39 heavy (non-hydrogen) atoms. The van der Waals surface area contributed by atoms with Crippen molar-refractivity contribution in [3.63, 3.8) is 0 Å².